The number of aromatic amines is 1. The van der Waals surface area contributed by atoms with Gasteiger partial charge in [0.15, 0.2) is 0 Å². The summed E-state index contributed by atoms with van der Waals surface area (Å²) in [6.07, 6.45) is 1.96. The molecule has 0 unspecified atom stereocenters. The monoisotopic (exact) mass is 249 g/mol. The largest absolute Gasteiger partial charge is 0.272 e. The van der Waals surface area contributed by atoms with Crippen LogP contribution >= 0.6 is 0 Å². The van der Waals surface area contributed by atoms with E-state index in [1.54, 1.807) is 0 Å². The molecule has 0 aliphatic carbocycles. The van der Waals surface area contributed by atoms with Crippen molar-refractivity contribution in [3.8, 4) is 0 Å². The van der Waals surface area contributed by atoms with E-state index in [0.29, 0.717) is 0 Å². The van der Waals surface area contributed by atoms with Crippen LogP contribution in [0.1, 0.15) is 11.1 Å². The predicted molar refractivity (Wildman–Crippen MR) is 79.0 cm³/mol. The predicted octanol–water partition coefficient (Wildman–Crippen LogP) is 3.57. The molecular weight excluding hydrogens is 232 g/mol. The third-order valence-electron chi connectivity index (χ3n) is 3.31. The highest BCUT2D eigenvalue weighted by molar-refractivity contribution is 5.85. The van der Waals surface area contributed by atoms with Crippen molar-refractivity contribution in [2.75, 3.05) is 5.32 Å². The van der Waals surface area contributed by atoms with Crippen molar-refractivity contribution in [1.82, 2.24) is 0 Å². The molecule has 0 saturated heterocycles. The third-order valence-corrected chi connectivity index (χ3v) is 3.31. The molecular formula is C17H17N2+. The van der Waals surface area contributed by atoms with E-state index in [4.69, 9.17) is 0 Å². The number of fused-ring (bicyclic) bond motifs is 1. The molecule has 0 bridgehead atoms. The minimum absolute atomic E-state index is 0.821. The molecule has 1 aromatic heterocycles. The zero-order valence-electron chi connectivity index (χ0n) is 11.0. The van der Waals surface area contributed by atoms with Gasteiger partial charge in [0.05, 0.1) is 6.20 Å². The van der Waals surface area contributed by atoms with Gasteiger partial charge in [-0.3, -0.25) is 5.32 Å². The molecule has 0 aliphatic rings. The molecule has 2 nitrogen and oxygen atoms in total. The number of nitrogens with one attached hydrogen (secondary N) is 2. The van der Waals surface area contributed by atoms with Crippen LogP contribution in [0.5, 0.6) is 0 Å². The van der Waals surface area contributed by atoms with Crippen molar-refractivity contribution in [2.24, 2.45) is 0 Å². The van der Waals surface area contributed by atoms with E-state index in [0.717, 1.165) is 12.4 Å². The summed E-state index contributed by atoms with van der Waals surface area (Å²) < 4.78 is 0. The van der Waals surface area contributed by atoms with Gasteiger partial charge in [0, 0.05) is 11.6 Å². The van der Waals surface area contributed by atoms with E-state index in [1.165, 1.54) is 21.9 Å². The van der Waals surface area contributed by atoms with Gasteiger partial charge >= 0.3 is 0 Å². The first-order chi connectivity index (χ1) is 9.33. The molecule has 0 radical (unpaired) electrons. The minimum Gasteiger partial charge on any atom is -0.270 e. The van der Waals surface area contributed by atoms with Gasteiger partial charge in [-0.25, -0.2) is 4.98 Å². The second kappa shape index (κ2) is 5.11. The van der Waals surface area contributed by atoms with Crippen LogP contribution < -0.4 is 10.3 Å². The van der Waals surface area contributed by atoms with Crippen LogP contribution in [0.4, 0.5) is 5.82 Å². The number of pyridine rings is 1. The van der Waals surface area contributed by atoms with Gasteiger partial charge in [-0.15, -0.1) is 0 Å². The van der Waals surface area contributed by atoms with Crippen molar-refractivity contribution < 1.29 is 4.98 Å². The summed E-state index contributed by atoms with van der Waals surface area (Å²) >= 11 is 0. The van der Waals surface area contributed by atoms with Crippen LogP contribution in [-0.2, 0) is 6.54 Å². The lowest BCUT2D eigenvalue weighted by molar-refractivity contribution is -0.361. The average Bonchev–Trinajstić information content (AvgIpc) is 2.45. The number of hydrogen-bond acceptors (Lipinski definition) is 1. The van der Waals surface area contributed by atoms with Crippen LogP contribution in [-0.4, -0.2) is 0 Å². The number of rotatable bonds is 3. The maximum Gasteiger partial charge on any atom is 0.272 e. The Labute approximate surface area is 113 Å². The number of benzene rings is 2. The maximum atomic E-state index is 3.44. The third kappa shape index (κ3) is 2.58. The highest BCUT2D eigenvalue weighted by atomic mass is 15.0. The lowest BCUT2D eigenvalue weighted by atomic mass is 10.0. The molecule has 1 heterocycles. The molecule has 2 aromatic carbocycles. The molecule has 0 fully saturated rings. The van der Waals surface area contributed by atoms with E-state index in [-0.39, 0.29) is 0 Å². The SMILES string of the molecule is Cc1cc[nH+]c(NCc2cccc3ccccc23)c1. The van der Waals surface area contributed by atoms with Crippen LogP contribution in [0.3, 0.4) is 0 Å². The number of anilines is 1. The van der Waals surface area contributed by atoms with Gasteiger partial charge in [0.2, 0.25) is 0 Å². The summed E-state index contributed by atoms with van der Waals surface area (Å²) in [5.74, 6) is 1.05. The molecule has 0 saturated carbocycles. The summed E-state index contributed by atoms with van der Waals surface area (Å²) in [7, 11) is 0. The first kappa shape index (κ1) is 11.7. The number of H-pyrrole nitrogens is 1. The molecule has 0 spiro atoms. The fraction of sp³-hybridized carbons (Fsp3) is 0.118. The average molecular weight is 249 g/mol. The second-order valence-electron chi connectivity index (χ2n) is 4.77. The van der Waals surface area contributed by atoms with Gasteiger partial charge in [0.1, 0.15) is 6.54 Å². The molecule has 3 aromatic rings. The van der Waals surface area contributed by atoms with Crippen molar-refractivity contribution in [2.45, 2.75) is 13.5 Å². The molecule has 2 heteroatoms. The number of aromatic nitrogens is 1. The molecule has 0 aliphatic heterocycles. The first-order valence-corrected chi connectivity index (χ1v) is 6.52. The van der Waals surface area contributed by atoms with Crippen molar-refractivity contribution in [3.63, 3.8) is 0 Å². The van der Waals surface area contributed by atoms with Crippen molar-refractivity contribution >= 4 is 16.6 Å². The Bertz CT molecular complexity index is 699. The minimum atomic E-state index is 0.821. The Morgan fingerprint density at radius 2 is 1.84 bits per heavy atom. The standard InChI is InChI=1S/C17H16N2/c1-13-9-10-18-17(11-13)19-12-15-7-4-6-14-5-2-3-8-16(14)15/h2-11H,12H2,1H3,(H,18,19)/p+1. The van der Waals surface area contributed by atoms with Gasteiger partial charge in [0.25, 0.3) is 5.82 Å². The van der Waals surface area contributed by atoms with E-state index in [2.05, 4.69) is 71.8 Å². The number of aryl methyl sites for hydroxylation is 1. The van der Waals surface area contributed by atoms with Crippen LogP contribution in [0.15, 0.2) is 60.8 Å². The van der Waals surface area contributed by atoms with Crippen LogP contribution in [0.25, 0.3) is 10.8 Å². The Morgan fingerprint density at radius 1 is 1.00 bits per heavy atom. The van der Waals surface area contributed by atoms with E-state index < -0.39 is 0 Å². The zero-order valence-corrected chi connectivity index (χ0v) is 11.0. The Hall–Kier alpha value is -2.35. The molecule has 2 N–H and O–H groups in total. The lowest BCUT2D eigenvalue weighted by Gasteiger charge is -2.05. The highest BCUT2D eigenvalue weighted by Crippen LogP contribution is 2.19. The topological polar surface area (TPSA) is 26.2 Å². The van der Waals surface area contributed by atoms with Gasteiger partial charge in [-0.05, 0) is 29.3 Å². The smallest absolute Gasteiger partial charge is 0.270 e. The van der Waals surface area contributed by atoms with Crippen LogP contribution in [0.2, 0.25) is 0 Å². The van der Waals surface area contributed by atoms with E-state index in [1.807, 2.05) is 6.20 Å². The lowest BCUT2D eigenvalue weighted by Crippen LogP contribution is -2.12. The molecule has 0 amide bonds. The summed E-state index contributed by atoms with van der Waals surface area (Å²) in [4.78, 5) is 3.22. The van der Waals surface area contributed by atoms with Crippen molar-refractivity contribution in [3.05, 3.63) is 71.9 Å². The fourth-order valence-corrected chi connectivity index (χ4v) is 2.32. The Kier molecular flexibility index (Phi) is 3.15. The normalized spacial score (nSPS) is 10.6. The molecule has 0 atom stereocenters. The first-order valence-electron chi connectivity index (χ1n) is 6.52. The molecule has 94 valence electrons. The number of hydrogen-bond donors (Lipinski definition) is 1. The van der Waals surface area contributed by atoms with Gasteiger partial charge < -0.3 is 0 Å². The quantitative estimate of drug-likeness (QED) is 0.754. The summed E-state index contributed by atoms with van der Waals surface area (Å²) in [6, 6.07) is 19.1. The Morgan fingerprint density at radius 3 is 2.74 bits per heavy atom. The van der Waals surface area contributed by atoms with E-state index >= 15 is 0 Å². The highest BCUT2D eigenvalue weighted by Gasteiger charge is 2.04. The van der Waals surface area contributed by atoms with Gasteiger partial charge in [-0.1, -0.05) is 42.5 Å². The Balaban J connectivity index is 1.86. The maximum absolute atomic E-state index is 3.44. The van der Waals surface area contributed by atoms with Crippen LogP contribution in [0, 0.1) is 6.92 Å². The van der Waals surface area contributed by atoms with Crippen molar-refractivity contribution in [1.29, 1.82) is 0 Å². The summed E-state index contributed by atoms with van der Waals surface area (Å²) in [6.45, 7) is 2.91. The second-order valence-corrected chi connectivity index (χ2v) is 4.77. The summed E-state index contributed by atoms with van der Waals surface area (Å²) in [5.41, 5.74) is 2.56. The molecule has 19 heavy (non-hydrogen) atoms. The fourth-order valence-electron chi connectivity index (χ4n) is 2.32. The van der Waals surface area contributed by atoms with Gasteiger partial charge in [-0.2, -0.15) is 0 Å². The van der Waals surface area contributed by atoms with E-state index in [9.17, 15) is 0 Å². The summed E-state index contributed by atoms with van der Waals surface area (Å²) in [5, 5.41) is 6.04. The molecule has 3 rings (SSSR count). The zero-order chi connectivity index (χ0) is 13.1.